The molecule has 0 spiro atoms. The van der Waals surface area contributed by atoms with Gasteiger partial charge in [0.05, 0.1) is 18.4 Å². The number of H-pyrrole nitrogens is 1. The number of hydrogen-bond donors (Lipinski definition) is 1. The van der Waals surface area contributed by atoms with E-state index >= 15 is 0 Å². The number of aldehydes is 1. The number of aromatic amines is 1. The van der Waals surface area contributed by atoms with E-state index in [0.717, 1.165) is 0 Å². The molecular formula is C13H10ClNO3. The van der Waals surface area contributed by atoms with Crippen molar-refractivity contribution in [1.29, 1.82) is 0 Å². The molecule has 2 aromatic rings. The lowest BCUT2D eigenvalue weighted by molar-refractivity contribution is 0.112. The van der Waals surface area contributed by atoms with Gasteiger partial charge in [-0.05, 0) is 30.3 Å². The molecule has 1 aromatic heterocycles. The van der Waals surface area contributed by atoms with Crippen LogP contribution in [-0.4, -0.2) is 18.4 Å². The van der Waals surface area contributed by atoms with Gasteiger partial charge in [0.2, 0.25) is 0 Å². The first-order valence-electron chi connectivity index (χ1n) is 5.18. The summed E-state index contributed by atoms with van der Waals surface area (Å²) in [6, 6.07) is 8.19. The van der Waals surface area contributed by atoms with Gasteiger partial charge in [-0.3, -0.25) is 9.59 Å². The van der Waals surface area contributed by atoms with Gasteiger partial charge in [0.1, 0.15) is 5.75 Å². The van der Waals surface area contributed by atoms with Crippen LogP contribution in [0.25, 0.3) is 11.3 Å². The van der Waals surface area contributed by atoms with Crippen LogP contribution in [0.15, 0.2) is 35.1 Å². The Morgan fingerprint density at radius 1 is 1.28 bits per heavy atom. The minimum atomic E-state index is -0.440. The fourth-order valence-electron chi connectivity index (χ4n) is 1.63. The Bertz CT molecular complexity index is 649. The highest BCUT2D eigenvalue weighted by Gasteiger charge is 2.08. The molecule has 0 fully saturated rings. The van der Waals surface area contributed by atoms with E-state index in [2.05, 4.69) is 4.98 Å². The Hall–Kier alpha value is -2.07. The van der Waals surface area contributed by atoms with E-state index in [0.29, 0.717) is 28.3 Å². The lowest BCUT2D eigenvalue weighted by Crippen LogP contribution is -2.12. The zero-order chi connectivity index (χ0) is 13.1. The van der Waals surface area contributed by atoms with Crippen molar-refractivity contribution in [3.05, 3.63) is 51.3 Å². The topological polar surface area (TPSA) is 59.2 Å². The normalized spacial score (nSPS) is 10.1. The van der Waals surface area contributed by atoms with Crippen LogP contribution in [0.5, 0.6) is 5.75 Å². The van der Waals surface area contributed by atoms with E-state index in [4.69, 9.17) is 16.3 Å². The molecule has 1 heterocycles. The summed E-state index contributed by atoms with van der Waals surface area (Å²) in [6.45, 7) is 0. The van der Waals surface area contributed by atoms with Gasteiger partial charge < -0.3 is 9.72 Å². The van der Waals surface area contributed by atoms with Crippen LogP contribution in [0.1, 0.15) is 10.4 Å². The van der Waals surface area contributed by atoms with Crippen molar-refractivity contribution in [2.24, 2.45) is 0 Å². The minimum absolute atomic E-state index is 0.0831. The highest BCUT2D eigenvalue weighted by atomic mass is 35.5. The number of methoxy groups -OCH3 is 1. The maximum atomic E-state index is 11.6. The fraction of sp³-hybridized carbons (Fsp3) is 0.0769. The molecule has 1 N–H and O–H groups in total. The molecule has 0 aliphatic carbocycles. The third-order valence-electron chi connectivity index (χ3n) is 2.52. The zero-order valence-corrected chi connectivity index (χ0v) is 10.3. The van der Waals surface area contributed by atoms with Crippen LogP contribution in [0.4, 0.5) is 0 Å². The van der Waals surface area contributed by atoms with E-state index in [1.54, 1.807) is 24.3 Å². The summed E-state index contributed by atoms with van der Waals surface area (Å²) in [4.78, 5) is 24.8. The van der Waals surface area contributed by atoms with Crippen molar-refractivity contribution in [2.75, 3.05) is 7.11 Å². The molecule has 4 nitrogen and oxygen atoms in total. The van der Waals surface area contributed by atoms with Crippen LogP contribution >= 0.6 is 11.6 Å². The predicted octanol–water partition coefficient (Wildman–Crippen LogP) is 2.52. The van der Waals surface area contributed by atoms with Crippen LogP contribution in [-0.2, 0) is 0 Å². The Morgan fingerprint density at radius 3 is 2.67 bits per heavy atom. The van der Waals surface area contributed by atoms with Crippen LogP contribution in [0.2, 0.25) is 5.02 Å². The molecule has 18 heavy (non-hydrogen) atoms. The first-order valence-corrected chi connectivity index (χ1v) is 5.56. The summed E-state index contributed by atoms with van der Waals surface area (Å²) < 4.78 is 5.20. The second kappa shape index (κ2) is 5.06. The number of carbonyl (C=O) groups is 1. The smallest absolute Gasteiger partial charge is 0.258 e. The third-order valence-corrected chi connectivity index (χ3v) is 2.75. The van der Waals surface area contributed by atoms with Gasteiger partial charge in [-0.2, -0.15) is 0 Å². The van der Waals surface area contributed by atoms with Gasteiger partial charge in [0.25, 0.3) is 5.56 Å². The first kappa shape index (κ1) is 12.4. The summed E-state index contributed by atoms with van der Waals surface area (Å²) >= 11 is 5.92. The maximum absolute atomic E-state index is 11.6. The standard InChI is InChI=1S/C13H10ClNO3/c1-18-12-5-3-9(14)6-10(12)11-4-2-8(7-16)13(17)15-11/h2-7H,1H3,(H,15,17). The molecule has 5 heteroatoms. The summed E-state index contributed by atoms with van der Waals surface area (Å²) in [5, 5.41) is 0.533. The van der Waals surface area contributed by atoms with Gasteiger partial charge in [-0.1, -0.05) is 11.6 Å². The molecule has 1 aromatic carbocycles. The largest absolute Gasteiger partial charge is 0.496 e. The number of rotatable bonds is 3. The second-order valence-corrected chi connectivity index (χ2v) is 4.06. The SMILES string of the molecule is COc1ccc(Cl)cc1-c1ccc(C=O)c(=O)[nH]1. The average molecular weight is 264 g/mol. The maximum Gasteiger partial charge on any atom is 0.258 e. The molecule has 0 saturated heterocycles. The van der Waals surface area contributed by atoms with Crippen molar-refractivity contribution >= 4 is 17.9 Å². The number of aromatic nitrogens is 1. The van der Waals surface area contributed by atoms with E-state index in [-0.39, 0.29) is 5.56 Å². The van der Waals surface area contributed by atoms with Crippen molar-refractivity contribution in [2.45, 2.75) is 0 Å². The van der Waals surface area contributed by atoms with E-state index in [1.165, 1.54) is 13.2 Å². The zero-order valence-electron chi connectivity index (χ0n) is 9.57. The van der Waals surface area contributed by atoms with E-state index in [1.807, 2.05) is 0 Å². The average Bonchev–Trinajstić information content (AvgIpc) is 2.38. The minimum Gasteiger partial charge on any atom is -0.496 e. The quantitative estimate of drug-likeness (QED) is 0.866. The Labute approximate surface area is 108 Å². The van der Waals surface area contributed by atoms with Crippen molar-refractivity contribution in [3.63, 3.8) is 0 Å². The van der Waals surface area contributed by atoms with Gasteiger partial charge in [0.15, 0.2) is 6.29 Å². The Balaban J connectivity index is 2.61. The number of nitrogens with one attached hydrogen (secondary N) is 1. The van der Waals surface area contributed by atoms with Crippen molar-refractivity contribution in [1.82, 2.24) is 4.98 Å². The Morgan fingerprint density at radius 2 is 2.06 bits per heavy atom. The van der Waals surface area contributed by atoms with Crippen LogP contribution in [0, 0.1) is 0 Å². The number of hydrogen-bond acceptors (Lipinski definition) is 3. The summed E-state index contributed by atoms with van der Waals surface area (Å²) in [5.41, 5.74) is 0.855. The van der Waals surface area contributed by atoms with Crippen molar-refractivity contribution in [3.8, 4) is 17.0 Å². The summed E-state index contributed by atoms with van der Waals surface area (Å²) in [6.07, 6.45) is 0.512. The van der Waals surface area contributed by atoms with E-state index in [9.17, 15) is 9.59 Å². The van der Waals surface area contributed by atoms with Crippen LogP contribution in [0.3, 0.4) is 0 Å². The number of carbonyl (C=O) groups excluding carboxylic acids is 1. The molecule has 0 bridgehead atoms. The molecule has 0 atom stereocenters. The van der Waals surface area contributed by atoms with Gasteiger partial charge >= 0.3 is 0 Å². The highest BCUT2D eigenvalue weighted by Crippen LogP contribution is 2.30. The lowest BCUT2D eigenvalue weighted by atomic mass is 10.1. The molecule has 92 valence electrons. The first-order chi connectivity index (χ1) is 8.65. The lowest BCUT2D eigenvalue weighted by Gasteiger charge is -2.08. The third kappa shape index (κ3) is 2.28. The summed E-state index contributed by atoms with van der Waals surface area (Å²) in [7, 11) is 1.53. The number of ether oxygens (including phenoxy) is 1. The molecule has 0 saturated carbocycles. The fourth-order valence-corrected chi connectivity index (χ4v) is 1.80. The summed E-state index contributed by atoms with van der Waals surface area (Å²) in [5.74, 6) is 0.592. The second-order valence-electron chi connectivity index (χ2n) is 3.62. The molecule has 2 rings (SSSR count). The van der Waals surface area contributed by atoms with E-state index < -0.39 is 5.56 Å². The van der Waals surface area contributed by atoms with Crippen LogP contribution < -0.4 is 10.3 Å². The molecule has 0 unspecified atom stereocenters. The monoisotopic (exact) mass is 263 g/mol. The van der Waals surface area contributed by atoms with Crippen molar-refractivity contribution < 1.29 is 9.53 Å². The van der Waals surface area contributed by atoms with Gasteiger partial charge in [0, 0.05) is 10.6 Å². The van der Waals surface area contributed by atoms with Gasteiger partial charge in [-0.25, -0.2) is 0 Å². The molecule has 0 aliphatic heterocycles. The predicted molar refractivity (Wildman–Crippen MR) is 69.4 cm³/mol. The number of halogens is 1. The number of benzene rings is 1. The molecule has 0 radical (unpaired) electrons. The van der Waals surface area contributed by atoms with Gasteiger partial charge in [-0.15, -0.1) is 0 Å². The number of pyridine rings is 1. The molecular weight excluding hydrogens is 254 g/mol. The molecule has 0 aliphatic rings. The highest BCUT2D eigenvalue weighted by molar-refractivity contribution is 6.30. The molecule has 0 amide bonds. The Kier molecular flexibility index (Phi) is 3.48.